The number of ether oxygens (including phenoxy) is 13. The number of unbranched alkanes of at least 4 members (excludes halogenated alkanes) is 1. The molecular weight excluding hydrogens is 1970 g/mol. The summed E-state index contributed by atoms with van der Waals surface area (Å²) in [5, 5.41) is 79.5. The number of nitrogens with two attached hydrogens (primary N) is 2. The topological polar surface area (TPSA) is 565 Å². The number of thioether (sulfide) groups is 1. The molecule has 2 aliphatic carbocycles. The molecule has 3 aromatic carbocycles. The Morgan fingerprint density at radius 3 is 2.03 bits per heavy atom. The summed E-state index contributed by atoms with van der Waals surface area (Å²) in [6, 6.07) is 6.56. The number of primary amides is 1. The number of aliphatic hydroxyl groups excluding tert-OH is 4. The van der Waals surface area contributed by atoms with Crippen LogP contribution in [0.5, 0.6) is 17.2 Å². The number of hydrogen-bond donors (Lipinski definition) is 16. The zero-order valence-corrected chi connectivity index (χ0v) is 84.5. The van der Waals surface area contributed by atoms with E-state index < -0.39 is 204 Å². The maximum Gasteiger partial charge on any atom is 0.411 e. The van der Waals surface area contributed by atoms with E-state index in [0.717, 1.165) is 18.9 Å². The van der Waals surface area contributed by atoms with Gasteiger partial charge in [0.1, 0.15) is 61.4 Å². The van der Waals surface area contributed by atoms with Gasteiger partial charge in [-0.25, -0.2) is 19.2 Å². The van der Waals surface area contributed by atoms with Crippen LogP contribution in [-0.2, 0) is 89.3 Å². The Kier molecular flexibility index (Phi) is 43.3. The van der Waals surface area contributed by atoms with E-state index in [9.17, 15) is 73.5 Å². The normalized spacial score (nSPS) is 26.7. The van der Waals surface area contributed by atoms with Crippen LogP contribution in [0.3, 0.4) is 0 Å². The number of carbonyl (C=O) groups excluding carboxylic acids is 10. The number of amides is 10. The highest BCUT2D eigenvalue weighted by atomic mass is 127. The smallest absolute Gasteiger partial charge is 0.411 e. The average molecular weight is 2100 g/mol. The van der Waals surface area contributed by atoms with Gasteiger partial charge in [-0.3, -0.25) is 38.9 Å². The Bertz CT molecular complexity index is 4950. The van der Waals surface area contributed by atoms with E-state index in [1.165, 1.54) is 63.2 Å². The molecule has 41 nitrogen and oxygen atoms in total. The second-order valence-electron chi connectivity index (χ2n) is 34.7. The van der Waals surface area contributed by atoms with Crippen molar-refractivity contribution < 1.29 is 140 Å². The molecule has 6 aliphatic rings. The minimum Gasteiger partial charge on any atom is -0.492 e. The summed E-state index contributed by atoms with van der Waals surface area (Å²) in [6.07, 6.45) is -15.5. The lowest BCUT2D eigenvalue weighted by atomic mass is 9.75. The number of allylic oxidation sites excluding steroid dienone is 3. The third-order valence-electron chi connectivity index (χ3n) is 23.2. The van der Waals surface area contributed by atoms with Gasteiger partial charge in [-0.1, -0.05) is 122 Å². The Morgan fingerprint density at radius 1 is 0.732 bits per heavy atom. The molecule has 18 N–H and O–H groups in total. The number of carbonyl (C=O) groups is 10. The molecule has 4 saturated heterocycles. The molecule has 0 spiro atoms. The first-order chi connectivity index (χ1) is 65.6. The molecule has 4 aliphatic heterocycles. The van der Waals surface area contributed by atoms with Crippen LogP contribution in [0.25, 0.3) is 0 Å². The number of nitrogens with one attached hydrogen (secondary N) is 9. The van der Waals surface area contributed by atoms with Gasteiger partial charge in [0.05, 0.1) is 97.0 Å². The first-order valence-electron chi connectivity index (χ1n) is 45.1. The van der Waals surface area contributed by atoms with Crippen molar-refractivity contribution in [3.8, 4) is 40.9 Å². The van der Waals surface area contributed by atoms with Gasteiger partial charge in [-0.05, 0) is 155 Å². The van der Waals surface area contributed by atoms with E-state index in [0.29, 0.717) is 51.0 Å². The number of Topliss-reactive ketones (excluding diaryl/α,β-unsaturated/α-hetero) is 1. The van der Waals surface area contributed by atoms with Crippen molar-refractivity contribution in [1.82, 2.24) is 42.3 Å². The molecule has 4 heterocycles. The number of methoxy groups -OCH3 is 5. The molecule has 0 radical (unpaired) electrons. The van der Waals surface area contributed by atoms with Crippen molar-refractivity contribution in [3.63, 3.8) is 0 Å². The summed E-state index contributed by atoms with van der Waals surface area (Å²) >= 11 is 2.76. The molecule has 138 heavy (non-hydrogen) atoms. The molecule has 2 bridgehead atoms. The number of alkyl carbamates (subject to hydrolysis) is 2. The fourth-order valence-electron chi connectivity index (χ4n) is 16.0. The Balaban J connectivity index is 0.862. The van der Waals surface area contributed by atoms with Gasteiger partial charge in [0.15, 0.2) is 41.8 Å². The molecule has 45 heteroatoms. The average Bonchev–Trinajstić information content (AvgIpc) is 0.750. The first-order valence-corrected chi connectivity index (χ1v) is 49.4. The van der Waals surface area contributed by atoms with Crippen LogP contribution in [0.1, 0.15) is 148 Å². The third kappa shape index (κ3) is 30.7. The van der Waals surface area contributed by atoms with Gasteiger partial charge in [0.25, 0.3) is 0 Å². The number of fused-ring (bicyclic) bond motifs is 2. The standard InChI is InChI=1S/C93H129IN12O29S3/c1-17-106(89(118)101-56-32-28-53(29-33-56)44-98-90(119)128-45-54-30-34-55(35-31-54)100-82(113)59(26-24-39-97-88(96)117)102-84(115)70(47(2)3)103-83(114)58(99-52(8)107)25-21-23-38-95)60-46-127-65(42-64(60)122-12)133-79-74(111)71(49(5)130-87(79)132-63-27-20-18-19-22-37-93(121)43-62(109)72(104-91(120)126-16)68(63)57(93)36-40-136-138-92(9,10)11)105-135-66-41-61(108)81(51(7)129-66)137-85(116)67-48(4)69(94)77(80(125-15)76(67)123-13)134-86-75(112)78(124-14)73(110)50(6)131-86/h18-19,28-36,47,49-51,58-61,63-66,70-71,73-75,78-79,81,86-87,105,108,110-112,121H,17,21,23-26,38-46,95H2,1-16H3,(H,98,119)(H,99,107)(H,100,113)(H,101,118)(H,102,115)(H,103,114)(H,104,120)(H3,96,97,117)/b19-18?,57-36+/t49-,50+,51-,58-,59-,60+,61+,63+,64+,65+,66+,70-,71-,73+,74+,75-,78-,79-,81-,86+,87+,93+/m1/s1. The van der Waals surface area contributed by atoms with Gasteiger partial charge in [0.2, 0.25) is 40.8 Å². The molecule has 0 saturated carbocycles. The van der Waals surface area contributed by atoms with E-state index >= 15 is 0 Å². The SMILES string of the molecule is CCN(C(=O)Nc1ccc(CNC(=O)OCc2ccc(NC(=O)[C@@H](CCCNC(N)=O)NC(=O)[C@H](NC(=O)[C@@H](CCCCN)NC(C)=O)C(C)C)cc2)cc1)[C@H]1CO[C@@H](O[C@H]2[C@H](O[C@H]3C#CC=CC#C[C@]4(O)CC(=O)C(NC(=O)OC)=C3/C4=C\CSSC(C)(C)C)O[C@H](C)[C@@H](NO[C@H]3C[C@H](O)[C@H](SC(=O)c4c(C)c(I)c(O[C@@H]5O[C@@H](C)[C@H](O)[C@@H](OC)[C@H]5O)c(OC)c4OC)[C@@H](C)O3)[C@@H]2O)C[C@@H]1OC. The van der Waals surface area contributed by atoms with Gasteiger partial charge in [-0.2, -0.15) is 5.48 Å². The van der Waals surface area contributed by atoms with Crippen molar-refractivity contribution in [2.75, 3.05) is 78.2 Å². The number of hydrogen-bond acceptors (Lipinski definition) is 34. The molecular formula is C93H129IN12O29S3. The maximum absolute atomic E-state index is 14.7. The van der Waals surface area contributed by atoms with Crippen molar-refractivity contribution in [3.05, 3.63) is 109 Å². The Morgan fingerprint density at radius 2 is 1.40 bits per heavy atom. The number of urea groups is 2. The third-order valence-corrected chi connectivity index (χ3v) is 29.1. The summed E-state index contributed by atoms with van der Waals surface area (Å²) < 4.78 is 79.2. The zero-order valence-electron chi connectivity index (χ0n) is 79.9. The van der Waals surface area contributed by atoms with Crippen LogP contribution in [-0.4, -0.2) is 295 Å². The fraction of sp³-hybridized carbons (Fsp3) is 0.591. The number of ketones is 1. The maximum atomic E-state index is 14.7. The summed E-state index contributed by atoms with van der Waals surface area (Å²) in [6.45, 7) is 19.3. The van der Waals surface area contributed by atoms with Gasteiger partial charge in [0, 0.05) is 86.6 Å². The largest absolute Gasteiger partial charge is 0.492 e. The molecule has 3 aromatic rings. The van der Waals surface area contributed by atoms with Crippen LogP contribution in [0.15, 0.2) is 83.6 Å². The lowest BCUT2D eigenvalue weighted by molar-refractivity contribution is -0.337. The Hall–Kier alpha value is -9.16. The van der Waals surface area contributed by atoms with Gasteiger partial charge >= 0.3 is 24.2 Å². The first kappa shape index (κ1) is 112. The highest BCUT2D eigenvalue weighted by Crippen LogP contribution is 2.50. The number of likely N-dealkylation sites (N-methyl/N-ethyl adjacent to an activating group) is 1. The van der Waals surface area contributed by atoms with E-state index in [1.807, 2.05) is 43.4 Å². The molecule has 0 unspecified atom stereocenters. The molecule has 0 aromatic heterocycles. The number of halogens is 1. The fourth-order valence-corrected chi connectivity index (χ4v) is 19.9. The second kappa shape index (κ2) is 53.1. The number of aliphatic hydroxyl groups is 5. The van der Waals surface area contributed by atoms with E-state index in [4.69, 9.17) is 77.9 Å². The van der Waals surface area contributed by atoms with Crippen LogP contribution in [0.4, 0.5) is 30.6 Å². The van der Waals surface area contributed by atoms with E-state index in [-0.39, 0.29) is 115 Å². The lowest BCUT2D eigenvalue weighted by Gasteiger charge is -2.47. The van der Waals surface area contributed by atoms with E-state index in [2.05, 4.69) is 71.7 Å². The number of benzene rings is 3. The summed E-state index contributed by atoms with van der Waals surface area (Å²) in [5.74, 6) is 8.35. The van der Waals surface area contributed by atoms with Crippen molar-refractivity contribution >= 4 is 126 Å². The number of nitrogens with zero attached hydrogens (tertiary/aromatic N) is 1. The predicted molar refractivity (Wildman–Crippen MR) is 518 cm³/mol. The molecule has 9 rings (SSSR count). The van der Waals surface area contributed by atoms with Crippen LogP contribution in [0, 0.1) is 40.1 Å². The summed E-state index contributed by atoms with van der Waals surface area (Å²) in [4.78, 5) is 142. The van der Waals surface area contributed by atoms with Gasteiger partial charge in [-0.15, -0.1) is 0 Å². The van der Waals surface area contributed by atoms with E-state index in [1.54, 1.807) is 114 Å². The molecule has 10 amide bonds. The quantitative estimate of drug-likeness (QED) is 0.0106. The molecule has 760 valence electrons. The summed E-state index contributed by atoms with van der Waals surface area (Å²) in [7, 11) is 9.57. The number of rotatable bonds is 42. The second-order valence-corrected chi connectivity index (χ2v) is 40.1. The van der Waals surface area contributed by atoms with Crippen LogP contribution >= 0.6 is 55.9 Å². The van der Waals surface area contributed by atoms with Crippen molar-refractivity contribution in [2.24, 2.45) is 17.4 Å². The predicted octanol–water partition coefficient (Wildman–Crippen LogP) is 5.73. The minimum absolute atomic E-state index is 0.00758. The minimum atomic E-state index is -2.17. The zero-order chi connectivity index (χ0) is 101. The number of hydroxylamine groups is 1. The highest BCUT2D eigenvalue weighted by molar-refractivity contribution is 14.1. The highest BCUT2D eigenvalue weighted by Gasteiger charge is 2.53. The molecule has 4 fully saturated rings. The van der Waals surface area contributed by atoms with Crippen LogP contribution < -0.4 is 73.7 Å². The van der Waals surface area contributed by atoms with Crippen LogP contribution in [0.2, 0.25) is 0 Å². The summed E-state index contributed by atoms with van der Waals surface area (Å²) in [5.41, 5.74) is 13.7. The van der Waals surface area contributed by atoms with Crippen molar-refractivity contribution in [2.45, 2.75) is 279 Å². The Labute approximate surface area is 827 Å². The lowest BCUT2D eigenvalue weighted by Crippen LogP contribution is -2.65. The number of anilines is 2. The molecule has 22 atom stereocenters. The van der Waals surface area contributed by atoms with Crippen molar-refractivity contribution in [1.29, 1.82) is 0 Å². The monoisotopic (exact) mass is 2100 g/mol. The van der Waals surface area contributed by atoms with Gasteiger partial charge < -0.3 is 141 Å².